The van der Waals surface area contributed by atoms with Gasteiger partial charge in [0.15, 0.2) is 0 Å². The van der Waals surface area contributed by atoms with Gasteiger partial charge in [0.1, 0.15) is 5.82 Å². The molecule has 2 aromatic carbocycles. The number of halogens is 1. The number of amides is 2. The standard InChI is InChI=1S/C23H28FN3O/c1-25-19-14-20(15-19)26(2)23(28)27-12-11-17-5-3-4-6-21(17)22(27)13-16-7-9-18(24)10-8-16/h3-10,19-20,22,25H,11-15H2,1-2H3/t19?,20?,22-/m0/s1. The van der Waals surface area contributed by atoms with Crippen molar-refractivity contribution in [2.75, 3.05) is 20.6 Å². The summed E-state index contributed by atoms with van der Waals surface area (Å²) in [5, 5.41) is 3.28. The molecule has 1 aliphatic carbocycles. The average Bonchev–Trinajstić information content (AvgIpc) is 2.68. The molecule has 0 aromatic heterocycles. The van der Waals surface area contributed by atoms with Crippen molar-refractivity contribution in [1.29, 1.82) is 0 Å². The summed E-state index contributed by atoms with van der Waals surface area (Å²) < 4.78 is 13.3. The zero-order chi connectivity index (χ0) is 19.7. The average molecular weight is 381 g/mol. The summed E-state index contributed by atoms with van der Waals surface area (Å²) in [5.41, 5.74) is 3.56. The second kappa shape index (κ2) is 7.92. The third-order valence-corrected chi connectivity index (χ3v) is 6.37. The predicted octanol–water partition coefficient (Wildman–Crippen LogP) is 3.77. The smallest absolute Gasteiger partial charge is 0.320 e. The van der Waals surface area contributed by atoms with Gasteiger partial charge in [-0.15, -0.1) is 0 Å². The Morgan fingerprint density at radius 1 is 1.18 bits per heavy atom. The van der Waals surface area contributed by atoms with Crippen LogP contribution in [0.4, 0.5) is 9.18 Å². The van der Waals surface area contributed by atoms with Crippen LogP contribution < -0.4 is 5.32 Å². The van der Waals surface area contributed by atoms with Gasteiger partial charge in [0.2, 0.25) is 0 Å². The van der Waals surface area contributed by atoms with E-state index in [9.17, 15) is 9.18 Å². The molecule has 0 unspecified atom stereocenters. The first kappa shape index (κ1) is 18.9. The van der Waals surface area contributed by atoms with Crippen LogP contribution in [0.3, 0.4) is 0 Å². The number of carbonyl (C=O) groups is 1. The molecular weight excluding hydrogens is 353 g/mol. The topological polar surface area (TPSA) is 35.6 Å². The third kappa shape index (κ3) is 3.63. The fourth-order valence-corrected chi connectivity index (χ4v) is 4.44. The Labute approximate surface area is 166 Å². The molecule has 1 heterocycles. The van der Waals surface area contributed by atoms with E-state index in [0.717, 1.165) is 24.8 Å². The van der Waals surface area contributed by atoms with Crippen LogP contribution in [0, 0.1) is 5.82 Å². The zero-order valence-electron chi connectivity index (χ0n) is 16.6. The minimum atomic E-state index is -0.232. The van der Waals surface area contributed by atoms with Gasteiger partial charge in [0, 0.05) is 25.7 Å². The molecule has 4 nitrogen and oxygen atoms in total. The lowest BCUT2D eigenvalue weighted by atomic mass is 9.85. The van der Waals surface area contributed by atoms with Crippen molar-refractivity contribution in [3.63, 3.8) is 0 Å². The van der Waals surface area contributed by atoms with Gasteiger partial charge >= 0.3 is 6.03 Å². The molecule has 0 spiro atoms. The maximum atomic E-state index is 13.4. The molecule has 1 aliphatic heterocycles. The van der Waals surface area contributed by atoms with Gasteiger partial charge < -0.3 is 15.1 Å². The second-order valence-corrected chi connectivity index (χ2v) is 7.99. The number of nitrogens with zero attached hydrogens (tertiary/aromatic N) is 2. The van der Waals surface area contributed by atoms with E-state index >= 15 is 0 Å². The van der Waals surface area contributed by atoms with E-state index in [4.69, 9.17) is 0 Å². The highest BCUT2D eigenvalue weighted by Crippen LogP contribution is 2.34. The molecule has 2 aliphatic rings. The number of urea groups is 1. The quantitative estimate of drug-likeness (QED) is 0.875. The minimum Gasteiger partial charge on any atom is -0.325 e. The van der Waals surface area contributed by atoms with Crippen LogP contribution in [0.1, 0.15) is 35.6 Å². The fourth-order valence-electron chi connectivity index (χ4n) is 4.44. The van der Waals surface area contributed by atoms with Crippen molar-refractivity contribution in [3.05, 3.63) is 71.0 Å². The maximum Gasteiger partial charge on any atom is 0.320 e. The van der Waals surface area contributed by atoms with E-state index in [-0.39, 0.29) is 17.9 Å². The Bertz CT molecular complexity index is 832. The Hall–Kier alpha value is -2.40. The second-order valence-electron chi connectivity index (χ2n) is 7.99. The lowest BCUT2D eigenvalue weighted by Crippen LogP contribution is -2.56. The first-order valence-corrected chi connectivity index (χ1v) is 10.1. The Balaban J connectivity index is 1.58. The molecule has 1 fully saturated rings. The molecule has 5 heteroatoms. The van der Waals surface area contributed by atoms with Gasteiger partial charge in [-0.05, 0) is 61.6 Å². The van der Waals surface area contributed by atoms with E-state index < -0.39 is 0 Å². The van der Waals surface area contributed by atoms with E-state index in [0.29, 0.717) is 25.0 Å². The van der Waals surface area contributed by atoms with Crippen LogP contribution >= 0.6 is 0 Å². The zero-order valence-corrected chi connectivity index (χ0v) is 16.6. The molecule has 0 radical (unpaired) electrons. The molecule has 2 aromatic rings. The SMILES string of the molecule is CNC1CC(N(C)C(=O)N2CCc3ccccc3[C@@H]2Cc2ccc(F)cc2)C1. The van der Waals surface area contributed by atoms with Crippen LogP contribution in [0.5, 0.6) is 0 Å². The molecule has 0 bridgehead atoms. The molecule has 1 atom stereocenters. The van der Waals surface area contributed by atoms with Gasteiger partial charge in [0.25, 0.3) is 0 Å². The number of fused-ring (bicyclic) bond motifs is 1. The normalized spacial score (nSPS) is 23.7. The Morgan fingerprint density at radius 3 is 2.61 bits per heavy atom. The third-order valence-electron chi connectivity index (χ3n) is 6.37. The van der Waals surface area contributed by atoms with Crippen LogP contribution in [0.25, 0.3) is 0 Å². The largest absolute Gasteiger partial charge is 0.325 e. The summed E-state index contributed by atoms with van der Waals surface area (Å²) in [6, 6.07) is 15.9. The number of rotatable bonds is 4. The number of hydrogen-bond donors (Lipinski definition) is 1. The van der Waals surface area contributed by atoms with Crippen LogP contribution in [-0.4, -0.2) is 48.6 Å². The number of nitrogens with one attached hydrogen (secondary N) is 1. The molecule has 1 saturated carbocycles. The highest BCUT2D eigenvalue weighted by atomic mass is 19.1. The predicted molar refractivity (Wildman–Crippen MR) is 109 cm³/mol. The van der Waals surface area contributed by atoms with Gasteiger partial charge in [0.05, 0.1) is 6.04 Å². The van der Waals surface area contributed by atoms with Crippen LogP contribution in [-0.2, 0) is 12.8 Å². The van der Waals surface area contributed by atoms with E-state index in [1.807, 2.05) is 42.1 Å². The molecule has 148 valence electrons. The van der Waals surface area contributed by atoms with Crippen molar-refractivity contribution in [2.24, 2.45) is 0 Å². The monoisotopic (exact) mass is 381 g/mol. The summed E-state index contributed by atoms with van der Waals surface area (Å²) in [4.78, 5) is 17.3. The first-order valence-electron chi connectivity index (χ1n) is 10.1. The maximum absolute atomic E-state index is 13.4. The van der Waals surface area contributed by atoms with E-state index in [1.165, 1.54) is 23.3 Å². The highest BCUT2D eigenvalue weighted by Gasteiger charge is 2.38. The molecule has 1 N–H and O–H groups in total. The lowest BCUT2D eigenvalue weighted by molar-refractivity contribution is 0.0917. The van der Waals surface area contributed by atoms with Crippen molar-refractivity contribution in [2.45, 2.75) is 43.8 Å². The van der Waals surface area contributed by atoms with Crippen molar-refractivity contribution in [1.82, 2.24) is 15.1 Å². The van der Waals surface area contributed by atoms with Crippen LogP contribution in [0.15, 0.2) is 48.5 Å². The summed E-state index contributed by atoms with van der Waals surface area (Å²) >= 11 is 0. The minimum absolute atomic E-state index is 0.0227. The summed E-state index contributed by atoms with van der Waals surface area (Å²) in [7, 11) is 3.90. The molecule has 28 heavy (non-hydrogen) atoms. The van der Waals surface area contributed by atoms with Gasteiger partial charge in [-0.25, -0.2) is 9.18 Å². The van der Waals surface area contributed by atoms with E-state index in [1.54, 1.807) is 0 Å². The van der Waals surface area contributed by atoms with Crippen molar-refractivity contribution >= 4 is 6.03 Å². The van der Waals surface area contributed by atoms with Gasteiger partial charge in [-0.1, -0.05) is 36.4 Å². The Kier molecular flexibility index (Phi) is 5.36. The summed E-state index contributed by atoms with van der Waals surface area (Å²) in [6.45, 7) is 0.716. The fraction of sp³-hybridized carbons (Fsp3) is 0.435. The van der Waals surface area contributed by atoms with Gasteiger partial charge in [-0.2, -0.15) is 0 Å². The molecule has 0 saturated heterocycles. The van der Waals surface area contributed by atoms with Crippen molar-refractivity contribution < 1.29 is 9.18 Å². The lowest BCUT2D eigenvalue weighted by Gasteiger charge is -2.45. The molecule has 4 rings (SSSR count). The highest BCUT2D eigenvalue weighted by molar-refractivity contribution is 5.76. The van der Waals surface area contributed by atoms with E-state index in [2.05, 4.69) is 23.5 Å². The summed E-state index contributed by atoms with van der Waals surface area (Å²) in [5.74, 6) is -0.232. The van der Waals surface area contributed by atoms with Crippen molar-refractivity contribution in [3.8, 4) is 0 Å². The first-order chi connectivity index (χ1) is 13.6. The molecular formula is C23H28FN3O. The van der Waals surface area contributed by atoms with Crippen LogP contribution in [0.2, 0.25) is 0 Å². The molecule has 2 amide bonds. The summed E-state index contributed by atoms with van der Waals surface area (Å²) in [6.07, 6.45) is 3.58. The van der Waals surface area contributed by atoms with Gasteiger partial charge in [-0.3, -0.25) is 0 Å². The number of benzene rings is 2. The number of hydrogen-bond acceptors (Lipinski definition) is 2. The Morgan fingerprint density at radius 2 is 1.89 bits per heavy atom. The number of carbonyl (C=O) groups excluding carboxylic acids is 1.